The average Bonchev–Trinajstić information content (AvgIpc) is 2.75. The molecule has 0 saturated heterocycles. The first-order valence-electron chi connectivity index (χ1n) is 9.34. The van der Waals surface area contributed by atoms with Gasteiger partial charge in [0.25, 0.3) is 0 Å². The van der Waals surface area contributed by atoms with Crippen molar-refractivity contribution in [2.45, 2.75) is 6.92 Å². The molecule has 28 heavy (non-hydrogen) atoms. The Balaban J connectivity index is 1.72. The van der Waals surface area contributed by atoms with Crippen LogP contribution in [-0.4, -0.2) is 9.97 Å². The van der Waals surface area contributed by atoms with Gasteiger partial charge in [0, 0.05) is 40.2 Å². The van der Waals surface area contributed by atoms with E-state index in [-0.39, 0.29) is 0 Å². The van der Waals surface area contributed by atoms with Gasteiger partial charge in [0.1, 0.15) is 0 Å². The maximum absolute atomic E-state index is 4.45. The molecule has 0 aliphatic rings. The molecule has 5 aromatic rings. The molecule has 0 bridgehead atoms. The number of anilines is 3. The number of aromatic nitrogens is 2. The molecule has 2 aromatic heterocycles. The molecule has 0 spiro atoms. The molecule has 0 N–H and O–H groups in total. The largest absolute Gasteiger partial charge is 0.310 e. The van der Waals surface area contributed by atoms with Gasteiger partial charge in [0.05, 0.1) is 11.0 Å². The minimum Gasteiger partial charge on any atom is -0.310 e. The van der Waals surface area contributed by atoms with Gasteiger partial charge in [-0.2, -0.15) is 0 Å². The van der Waals surface area contributed by atoms with E-state index in [1.807, 2.05) is 24.5 Å². The van der Waals surface area contributed by atoms with Crippen LogP contribution in [-0.2, 0) is 0 Å². The molecule has 0 unspecified atom stereocenters. The summed E-state index contributed by atoms with van der Waals surface area (Å²) in [5.41, 5.74) is 6.57. The molecular formula is C25H19N3. The van der Waals surface area contributed by atoms with E-state index in [9.17, 15) is 0 Å². The van der Waals surface area contributed by atoms with E-state index in [2.05, 4.69) is 94.6 Å². The number of nitrogens with zero attached hydrogens (tertiary/aromatic N) is 3. The number of rotatable bonds is 3. The van der Waals surface area contributed by atoms with Crippen molar-refractivity contribution in [1.29, 1.82) is 0 Å². The smallest absolute Gasteiger partial charge is 0.0703 e. The molecule has 2 heterocycles. The van der Waals surface area contributed by atoms with Crippen LogP contribution in [0, 0.1) is 6.92 Å². The lowest BCUT2D eigenvalue weighted by molar-refractivity contribution is 1.28. The zero-order valence-electron chi connectivity index (χ0n) is 15.6. The summed E-state index contributed by atoms with van der Waals surface area (Å²) in [6.07, 6.45) is 3.66. The molecule has 0 aliphatic carbocycles. The summed E-state index contributed by atoms with van der Waals surface area (Å²) in [6, 6.07) is 29.6. The van der Waals surface area contributed by atoms with Crippen LogP contribution in [0.3, 0.4) is 0 Å². The van der Waals surface area contributed by atoms with Crippen LogP contribution in [0.5, 0.6) is 0 Å². The van der Waals surface area contributed by atoms with Crippen molar-refractivity contribution in [2.24, 2.45) is 0 Å². The van der Waals surface area contributed by atoms with Gasteiger partial charge in [0.15, 0.2) is 0 Å². The fourth-order valence-electron chi connectivity index (χ4n) is 3.55. The van der Waals surface area contributed by atoms with Crippen molar-refractivity contribution in [2.75, 3.05) is 4.90 Å². The lowest BCUT2D eigenvalue weighted by Gasteiger charge is -2.26. The van der Waals surface area contributed by atoms with E-state index in [4.69, 9.17) is 0 Å². The van der Waals surface area contributed by atoms with Crippen LogP contribution in [0.2, 0.25) is 0 Å². The van der Waals surface area contributed by atoms with E-state index in [1.165, 1.54) is 5.56 Å². The monoisotopic (exact) mass is 361 g/mol. The Morgan fingerprint density at radius 2 is 1.07 bits per heavy atom. The van der Waals surface area contributed by atoms with E-state index in [0.717, 1.165) is 38.9 Å². The second-order valence-electron chi connectivity index (χ2n) is 6.93. The van der Waals surface area contributed by atoms with Crippen molar-refractivity contribution in [1.82, 2.24) is 9.97 Å². The van der Waals surface area contributed by atoms with E-state index >= 15 is 0 Å². The normalized spacial score (nSPS) is 11.0. The summed E-state index contributed by atoms with van der Waals surface area (Å²) in [6.45, 7) is 2.11. The highest BCUT2D eigenvalue weighted by atomic mass is 15.1. The van der Waals surface area contributed by atoms with Gasteiger partial charge in [-0.1, -0.05) is 29.8 Å². The fraction of sp³-hybridized carbons (Fsp3) is 0.0400. The summed E-state index contributed by atoms with van der Waals surface area (Å²) in [5, 5.41) is 2.25. The second kappa shape index (κ2) is 6.78. The average molecular weight is 361 g/mol. The van der Waals surface area contributed by atoms with Crippen LogP contribution in [0.1, 0.15) is 5.56 Å². The van der Waals surface area contributed by atoms with Crippen LogP contribution < -0.4 is 4.90 Å². The number of hydrogen-bond donors (Lipinski definition) is 0. The fourth-order valence-corrected chi connectivity index (χ4v) is 3.55. The number of aryl methyl sites for hydroxylation is 1. The van der Waals surface area contributed by atoms with Crippen molar-refractivity contribution in [3.63, 3.8) is 0 Å². The quantitative estimate of drug-likeness (QED) is 0.364. The van der Waals surface area contributed by atoms with Gasteiger partial charge in [-0.05, 0) is 67.6 Å². The summed E-state index contributed by atoms with van der Waals surface area (Å²) in [7, 11) is 0. The highest BCUT2D eigenvalue weighted by molar-refractivity contribution is 5.90. The first-order chi connectivity index (χ1) is 13.8. The van der Waals surface area contributed by atoms with Gasteiger partial charge < -0.3 is 4.90 Å². The van der Waals surface area contributed by atoms with Crippen molar-refractivity contribution in [3.8, 4) is 0 Å². The summed E-state index contributed by atoms with van der Waals surface area (Å²) in [5.74, 6) is 0. The van der Waals surface area contributed by atoms with Crippen molar-refractivity contribution >= 4 is 38.9 Å². The minimum atomic E-state index is 0.998. The second-order valence-corrected chi connectivity index (χ2v) is 6.93. The first kappa shape index (κ1) is 16.5. The molecule has 0 saturated carbocycles. The SMILES string of the molecule is Cc1ccc(N(c2ccc3ncccc3c2)c2ccc3ncccc3c2)cc1. The van der Waals surface area contributed by atoms with Gasteiger partial charge in [0.2, 0.25) is 0 Å². The third kappa shape index (κ3) is 2.97. The summed E-state index contributed by atoms with van der Waals surface area (Å²) < 4.78 is 0. The highest BCUT2D eigenvalue weighted by Crippen LogP contribution is 2.36. The van der Waals surface area contributed by atoms with Gasteiger partial charge in [-0.3, -0.25) is 9.97 Å². The number of fused-ring (bicyclic) bond motifs is 2. The molecule has 5 rings (SSSR count). The lowest BCUT2D eigenvalue weighted by Crippen LogP contribution is -2.10. The van der Waals surface area contributed by atoms with Crippen LogP contribution in [0.4, 0.5) is 17.1 Å². The third-order valence-electron chi connectivity index (χ3n) is 4.98. The standard InChI is InChI=1S/C25H19N3/c1-18-6-8-21(9-7-18)28(22-10-12-24-19(16-22)4-2-14-26-24)23-11-13-25-20(17-23)5-3-15-27-25/h2-17H,1H3. The van der Waals surface area contributed by atoms with Crippen molar-refractivity contribution in [3.05, 3.63) is 103 Å². The molecule has 0 radical (unpaired) electrons. The van der Waals surface area contributed by atoms with Crippen LogP contribution in [0.25, 0.3) is 21.8 Å². The Bertz CT molecular complexity index is 1200. The van der Waals surface area contributed by atoms with Gasteiger partial charge in [-0.25, -0.2) is 0 Å². The van der Waals surface area contributed by atoms with Gasteiger partial charge in [-0.15, -0.1) is 0 Å². The molecule has 0 fully saturated rings. The first-order valence-corrected chi connectivity index (χ1v) is 9.34. The highest BCUT2D eigenvalue weighted by Gasteiger charge is 2.13. The Hall–Kier alpha value is -3.72. The third-order valence-corrected chi connectivity index (χ3v) is 4.98. The molecule has 0 atom stereocenters. The number of pyridine rings is 2. The zero-order chi connectivity index (χ0) is 18.9. The Morgan fingerprint density at radius 3 is 1.61 bits per heavy atom. The van der Waals surface area contributed by atoms with Crippen LogP contribution >= 0.6 is 0 Å². The minimum absolute atomic E-state index is 0.998. The molecule has 3 aromatic carbocycles. The molecular weight excluding hydrogens is 342 g/mol. The van der Waals surface area contributed by atoms with Crippen molar-refractivity contribution < 1.29 is 0 Å². The maximum atomic E-state index is 4.45. The predicted octanol–water partition coefficient (Wildman–Crippen LogP) is 6.56. The van der Waals surface area contributed by atoms with E-state index in [0.29, 0.717) is 0 Å². The summed E-state index contributed by atoms with van der Waals surface area (Å²) in [4.78, 5) is 11.2. The topological polar surface area (TPSA) is 29.0 Å². The molecule has 0 amide bonds. The predicted molar refractivity (Wildman–Crippen MR) is 116 cm³/mol. The van der Waals surface area contributed by atoms with E-state index in [1.54, 1.807) is 0 Å². The Morgan fingerprint density at radius 1 is 0.571 bits per heavy atom. The van der Waals surface area contributed by atoms with E-state index < -0.39 is 0 Å². The number of hydrogen-bond acceptors (Lipinski definition) is 3. The Labute approximate surface area is 163 Å². The summed E-state index contributed by atoms with van der Waals surface area (Å²) >= 11 is 0. The molecule has 3 nitrogen and oxygen atoms in total. The maximum Gasteiger partial charge on any atom is 0.0703 e. The van der Waals surface area contributed by atoms with Crippen LogP contribution in [0.15, 0.2) is 97.3 Å². The molecule has 134 valence electrons. The molecule has 0 aliphatic heterocycles. The number of benzene rings is 3. The Kier molecular flexibility index (Phi) is 3.99. The van der Waals surface area contributed by atoms with Gasteiger partial charge >= 0.3 is 0 Å². The lowest BCUT2D eigenvalue weighted by atomic mass is 10.1. The zero-order valence-corrected chi connectivity index (χ0v) is 15.6. The molecule has 3 heteroatoms.